The average Bonchev–Trinajstić information content (AvgIpc) is 3.12. The zero-order valence-electron chi connectivity index (χ0n) is 15.6. The van der Waals surface area contributed by atoms with Gasteiger partial charge in [0.25, 0.3) is 11.6 Å². The van der Waals surface area contributed by atoms with E-state index in [-0.39, 0.29) is 17.5 Å². The molecule has 2 heterocycles. The molecule has 1 saturated heterocycles. The first kappa shape index (κ1) is 18.8. The van der Waals surface area contributed by atoms with Crippen LogP contribution in [0.15, 0.2) is 24.5 Å². The Bertz CT molecular complexity index is 828. The molecule has 1 atom stereocenters. The molecule has 0 unspecified atom stereocenters. The summed E-state index contributed by atoms with van der Waals surface area (Å²) < 4.78 is 1.81. The number of rotatable bonds is 6. The number of hydrogen-bond donors (Lipinski definition) is 1. The van der Waals surface area contributed by atoms with E-state index >= 15 is 0 Å². The van der Waals surface area contributed by atoms with Gasteiger partial charge in [0.2, 0.25) is 0 Å². The first-order chi connectivity index (χ1) is 13.0. The standard InChI is InChI=1S/C18H24N6O3/c1-13(17-21-20-12-22(17)2)11-19-18(25)15-10-14(24(26)27)6-7-16(15)23-8-4-3-5-9-23/h6-7,10,12-13H,3-5,8-9,11H2,1-2H3,(H,19,25)/t13-/m0/s1. The fourth-order valence-electron chi connectivity index (χ4n) is 3.40. The number of carbonyl (C=O) groups is 1. The zero-order valence-corrected chi connectivity index (χ0v) is 15.6. The van der Waals surface area contributed by atoms with Crippen molar-refractivity contribution in [1.29, 1.82) is 0 Å². The molecule has 1 aromatic heterocycles. The van der Waals surface area contributed by atoms with Gasteiger partial charge in [-0.3, -0.25) is 14.9 Å². The van der Waals surface area contributed by atoms with Crippen LogP contribution in [0.2, 0.25) is 0 Å². The quantitative estimate of drug-likeness (QED) is 0.616. The van der Waals surface area contributed by atoms with Crippen LogP contribution in [0, 0.1) is 10.1 Å². The Morgan fingerprint density at radius 3 is 2.70 bits per heavy atom. The second-order valence-corrected chi connectivity index (χ2v) is 6.92. The van der Waals surface area contributed by atoms with Crippen molar-refractivity contribution in [3.8, 4) is 0 Å². The highest BCUT2D eigenvalue weighted by Crippen LogP contribution is 2.28. The Kier molecular flexibility index (Phi) is 5.68. The number of nitro groups is 1. The molecular formula is C18H24N6O3. The van der Waals surface area contributed by atoms with Gasteiger partial charge in [-0.1, -0.05) is 6.92 Å². The monoisotopic (exact) mass is 372 g/mol. The van der Waals surface area contributed by atoms with Crippen LogP contribution in [-0.2, 0) is 7.05 Å². The molecule has 3 rings (SSSR count). The van der Waals surface area contributed by atoms with Crippen LogP contribution in [0.3, 0.4) is 0 Å². The number of aromatic nitrogens is 3. The summed E-state index contributed by atoms with van der Waals surface area (Å²) in [6, 6.07) is 4.51. The first-order valence-electron chi connectivity index (χ1n) is 9.13. The van der Waals surface area contributed by atoms with Crippen LogP contribution < -0.4 is 10.2 Å². The minimum atomic E-state index is -0.473. The molecule has 0 saturated carbocycles. The van der Waals surface area contributed by atoms with Gasteiger partial charge >= 0.3 is 0 Å². The lowest BCUT2D eigenvalue weighted by Gasteiger charge is -2.30. The fraction of sp³-hybridized carbons (Fsp3) is 0.500. The minimum Gasteiger partial charge on any atom is -0.371 e. The van der Waals surface area contributed by atoms with Gasteiger partial charge in [-0.05, 0) is 25.3 Å². The third-order valence-electron chi connectivity index (χ3n) is 4.89. The summed E-state index contributed by atoms with van der Waals surface area (Å²) in [5.41, 5.74) is 1.02. The van der Waals surface area contributed by atoms with Gasteiger partial charge in [0.1, 0.15) is 12.2 Å². The van der Waals surface area contributed by atoms with Crippen molar-refractivity contribution in [2.45, 2.75) is 32.1 Å². The van der Waals surface area contributed by atoms with Gasteiger partial charge < -0.3 is 14.8 Å². The number of amides is 1. The maximum Gasteiger partial charge on any atom is 0.270 e. The Hall–Kier alpha value is -2.97. The predicted molar refractivity (Wildman–Crippen MR) is 101 cm³/mol. The normalized spacial score (nSPS) is 15.4. The summed E-state index contributed by atoms with van der Waals surface area (Å²) in [4.78, 5) is 25.7. The van der Waals surface area contributed by atoms with Crippen molar-refractivity contribution < 1.29 is 9.72 Å². The van der Waals surface area contributed by atoms with Crippen LogP contribution in [0.4, 0.5) is 11.4 Å². The third-order valence-corrected chi connectivity index (χ3v) is 4.89. The molecular weight excluding hydrogens is 348 g/mol. The van der Waals surface area contributed by atoms with Gasteiger partial charge in [0, 0.05) is 44.7 Å². The van der Waals surface area contributed by atoms with Gasteiger partial charge in [0.15, 0.2) is 0 Å². The highest BCUT2D eigenvalue weighted by atomic mass is 16.6. The second-order valence-electron chi connectivity index (χ2n) is 6.92. The number of nitrogens with zero attached hydrogens (tertiary/aromatic N) is 5. The highest BCUT2D eigenvalue weighted by molar-refractivity contribution is 6.00. The zero-order chi connectivity index (χ0) is 19.4. The minimum absolute atomic E-state index is 0.0291. The average molecular weight is 372 g/mol. The number of nitro benzene ring substituents is 1. The van der Waals surface area contributed by atoms with Gasteiger partial charge in [-0.15, -0.1) is 10.2 Å². The molecule has 1 aliphatic heterocycles. The van der Waals surface area contributed by atoms with Crippen molar-refractivity contribution >= 4 is 17.3 Å². The molecule has 1 amide bonds. The Morgan fingerprint density at radius 1 is 1.33 bits per heavy atom. The van der Waals surface area contributed by atoms with Crippen molar-refractivity contribution in [2.75, 3.05) is 24.5 Å². The second kappa shape index (κ2) is 8.15. The van der Waals surface area contributed by atoms with Gasteiger partial charge in [0.05, 0.1) is 16.2 Å². The lowest BCUT2D eigenvalue weighted by molar-refractivity contribution is -0.384. The largest absolute Gasteiger partial charge is 0.371 e. The molecule has 144 valence electrons. The molecule has 27 heavy (non-hydrogen) atoms. The SMILES string of the molecule is C[C@@H](CNC(=O)c1cc([N+](=O)[O-])ccc1N1CCCCC1)c1nncn1C. The smallest absolute Gasteiger partial charge is 0.270 e. The number of non-ortho nitro benzene ring substituents is 1. The lowest BCUT2D eigenvalue weighted by atomic mass is 10.1. The number of carbonyl (C=O) groups excluding carboxylic acids is 1. The summed E-state index contributed by atoms with van der Waals surface area (Å²) in [7, 11) is 1.85. The summed E-state index contributed by atoms with van der Waals surface area (Å²) in [5, 5.41) is 22.0. The van der Waals surface area contributed by atoms with E-state index in [4.69, 9.17) is 0 Å². The van der Waals surface area contributed by atoms with Crippen molar-refractivity contribution in [3.63, 3.8) is 0 Å². The fourth-order valence-corrected chi connectivity index (χ4v) is 3.40. The maximum absolute atomic E-state index is 12.8. The van der Waals surface area contributed by atoms with Crippen molar-refractivity contribution in [3.05, 3.63) is 46.0 Å². The molecule has 1 aliphatic rings. The van der Waals surface area contributed by atoms with Crippen molar-refractivity contribution in [2.24, 2.45) is 7.05 Å². The van der Waals surface area contributed by atoms with Crippen LogP contribution in [0.1, 0.15) is 48.3 Å². The van der Waals surface area contributed by atoms with E-state index in [1.54, 1.807) is 12.4 Å². The molecule has 0 bridgehead atoms. The van der Waals surface area contributed by atoms with Crippen LogP contribution in [-0.4, -0.2) is 45.2 Å². The van der Waals surface area contributed by atoms with E-state index in [0.717, 1.165) is 37.4 Å². The molecule has 1 N–H and O–H groups in total. The van der Waals surface area contributed by atoms with Crippen LogP contribution >= 0.6 is 0 Å². The predicted octanol–water partition coefficient (Wildman–Crippen LogP) is 2.25. The molecule has 2 aromatic rings. The van der Waals surface area contributed by atoms with E-state index in [0.29, 0.717) is 12.1 Å². The number of nitrogens with one attached hydrogen (secondary N) is 1. The maximum atomic E-state index is 12.8. The first-order valence-corrected chi connectivity index (χ1v) is 9.13. The molecule has 1 fully saturated rings. The molecule has 0 radical (unpaired) electrons. The number of aryl methyl sites for hydroxylation is 1. The Labute approximate surface area is 157 Å². The Morgan fingerprint density at radius 2 is 2.07 bits per heavy atom. The van der Waals surface area contributed by atoms with Gasteiger partial charge in [-0.2, -0.15) is 0 Å². The van der Waals surface area contributed by atoms with E-state index < -0.39 is 4.92 Å². The summed E-state index contributed by atoms with van der Waals surface area (Å²) >= 11 is 0. The third kappa shape index (κ3) is 4.24. The number of benzene rings is 1. The molecule has 9 nitrogen and oxygen atoms in total. The molecule has 0 spiro atoms. The summed E-state index contributed by atoms with van der Waals surface area (Å²) in [5.74, 6) is 0.428. The molecule has 1 aromatic carbocycles. The highest BCUT2D eigenvalue weighted by Gasteiger charge is 2.22. The van der Waals surface area contributed by atoms with E-state index in [1.807, 2.05) is 18.5 Å². The van der Waals surface area contributed by atoms with Gasteiger partial charge in [-0.25, -0.2) is 0 Å². The molecule has 9 heteroatoms. The van der Waals surface area contributed by atoms with E-state index in [9.17, 15) is 14.9 Å². The van der Waals surface area contributed by atoms with E-state index in [1.165, 1.54) is 18.6 Å². The van der Waals surface area contributed by atoms with Crippen molar-refractivity contribution in [1.82, 2.24) is 20.1 Å². The topological polar surface area (TPSA) is 106 Å². The number of anilines is 1. The molecule has 0 aliphatic carbocycles. The summed E-state index contributed by atoms with van der Waals surface area (Å²) in [6.07, 6.45) is 4.89. The van der Waals surface area contributed by atoms with Crippen LogP contribution in [0.25, 0.3) is 0 Å². The number of piperidine rings is 1. The summed E-state index contributed by atoms with van der Waals surface area (Å²) in [6.45, 7) is 4.03. The van der Waals surface area contributed by atoms with E-state index in [2.05, 4.69) is 20.4 Å². The number of hydrogen-bond acceptors (Lipinski definition) is 6. The van der Waals surface area contributed by atoms with Crippen LogP contribution in [0.5, 0.6) is 0 Å². The Balaban J connectivity index is 1.79. The lowest BCUT2D eigenvalue weighted by Crippen LogP contribution is -2.34.